The molecule has 0 unspecified atom stereocenters. The lowest BCUT2D eigenvalue weighted by atomic mass is 9.97. The van der Waals surface area contributed by atoms with Crippen LogP contribution in [0.15, 0.2) is 60.7 Å². The van der Waals surface area contributed by atoms with E-state index in [0.717, 1.165) is 32.9 Å². The van der Waals surface area contributed by atoms with Gasteiger partial charge >= 0.3 is 0 Å². The molecule has 108 valence electrons. The molecule has 4 aromatic rings. The molecule has 0 fully saturated rings. The topological polar surface area (TPSA) is 25.2 Å². The van der Waals surface area contributed by atoms with E-state index in [4.69, 9.17) is 0 Å². The number of nitrogens with zero attached hydrogens (tertiary/aromatic N) is 1. The summed E-state index contributed by atoms with van der Waals surface area (Å²) in [6.45, 7) is 2.13. The molecule has 0 aliphatic carbocycles. The summed E-state index contributed by atoms with van der Waals surface area (Å²) >= 11 is 0. The maximum Gasteiger partial charge on any atom is 0.126 e. The van der Waals surface area contributed by atoms with Gasteiger partial charge in [-0.2, -0.15) is 0 Å². The summed E-state index contributed by atoms with van der Waals surface area (Å²) in [6.07, 6.45) is 0. The summed E-state index contributed by atoms with van der Waals surface area (Å²) in [4.78, 5) is 0. The van der Waals surface area contributed by atoms with Crippen LogP contribution in [-0.2, 0) is 7.05 Å². The van der Waals surface area contributed by atoms with Crippen molar-refractivity contribution in [1.82, 2.24) is 4.57 Å². The monoisotopic (exact) mass is 287 g/mol. The molecule has 0 bridgehead atoms. The number of hydrogen-bond acceptors (Lipinski definition) is 1. The molecule has 0 atom stereocenters. The predicted octanol–water partition coefficient (Wildman–Crippen LogP) is 5.01. The number of fused-ring (bicyclic) bond motifs is 3. The van der Waals surface area contributed by atoms with Crippen LogP contribution in [0.1, 0.15) is 5.56 Å². The zero-order chi connectivity index (χ0) is 15.3. The Hall–Kier alpha value is -2.74. The van der Waals surface area contributed by atoms with E-state index in [1.807, 2.05) is 36.4 Å². The van der Waals surface area contributed by atoms with Gasteiger partial charge in [0.15, 0.2) is 0 Å². The van der Waals surface area contributed by atoms with Crippen LogP contribution >= 0.6 is 0 Å². The molecular formula is C20H17NO. The van der Waals surface area contributed by atoms with Crippen LogP contribution < -0.4 is 0 Å². The summed E-state index contributed by atoms with van der Waals surface area (Å²) in [6, 6.07) is 20.3. The number of aryl methyl sites for hydroxylation is 2. The third-order valence-electron chi connectivity index (χ3n) is 4.49. The van der Waals surface area contributed by atoms with E-state index in [9.17, 15) is 5.11 Å². The van der Waals surface area contributed by atoms with E-state index >= 15 is 0 Å². The number of rotatable bonds is 1. The lowest BCUT2D eigenvalue weighted by molar-refractivity contribution is 0.482. The number of aromatic nitrogens is 1. The first-order chi connectivity index (χ1) is 10.7. The molecule has 1 heterocycles. The molecule has 0 saturated heterocycles. The Morgan fingerprint density at radius 2 is 1.59 bits per heavy atom. The third-order valence-corrected chi connectivity index (χ3v) is 4.49. The van der Waals surface area contributed by atoms with Gasteiger partial charge in [0, 0.05) is 23.3 Å². The standard InChI is InChI=1S/C20H17NO/c1-13-16(14-8-4-3-5-9-14)12-18(22)19-15-10-6-7-11-17(15)21(2)20(13)19/h3-12,22H,1-2H3. The minimum Gasteiger partial charge on any atom is -0.507 e. The molecule has 1 aromatic heterocycles. The molecule has 0 spiro atoms. The van der Waals surface area contributed by atoms with Crippen LogP contribution in [0, 0.1) is 6.92 Å². The van der Waals surface area contributed by atoms with Crippen LogP contribution in [0.3, 0.4) is 0 Å². The highest BCUT2D eigenvalue weighted by Gasteiger charge is 2.17. The van der Waals surface area contributed by atoms with Gasteiger partial charge in [0.25, 0.3) is 0 Å². The maximum absolute atomic E-state index is 10.6. The van der Waals surface area contributed by atoms with Gasteiger partial charge < -0.3 is 9.67 Å². The Kier molecular flexibility index (Phi) is 2.73. The van der Waals surface area contributed by atoms with Crippen LogP contribution in [0.4, 0.5) is 0 Å². The lowest BCUT2D eigenvalue weighted by Gasteiger charge is -2.11. The molecule has 2 heteroatoms. The van der Waals surface area contributed by atoms with Crippen molar-refractivity contribution in [1.29, 1.82) is 0 Å². The van der Waals surface area contributed by atoms with Crippen molar-refractivity contribution < 1.29 is 5.11 Å². The van der Waals surface area contributed by atoms with Gasteiger partial charge in [-0.15, -0.1) is 0 Å². The van der Waals surface area contributed by atoms with E-state index in [-0.39, 0.29) is 0 Å². The van der Waals surface area contributed by atoms with E-state index in [2.05, 4.69) is 42.8 Å². The van der Waals surface area contributed by atoms with Gasteiger partial charge in [-0.1, -0.05) is 48.5 Å². The molecule has 0 radical (unpaired) electrons. The van der Waals surface area contributed by atoms with Crippen molar-refractivity contribution in [2.75, 3.05) is 0 Å². The summed E-state index contributed by atoms with van der Waals surface area (Å²) in [5, 5.41) is 12.7. The van der Waals surface area contributed by atoms with Crippen molar-refractivity contribution in [3.63, 3.8) is 0 Å². The Bertz CT molecular complexity index is 997. The smallest absolute Gasteiger partial charge is 0.126 e. The number of phenolic OH excluding ortho intramolecular Hbond substituents is 1. The summed E-state index contributed by atoms with van der Waals surface area (Å²) in [5.74, 6) is 0.344. The number of aromatic hydroxyl groups is 1. The van der Waals surface area contributed by atoms with Crippen molar-refractivity contribution in [2.24, 2.45) is 7.05 Å². The Morgan fingerprint density at radius 3 is 2.36 bits per heavy atom. The summed E-state index contributed by atoms with van der Waals surface area (Å²) in [5.41, 5.74) is 5.64. The van der Waals surface area contributed by atoms with Crippen molar-refractivity contribution in [3.05, 3.63) is 66.2 Å². The molecule has 0 amide bonds. The molecule has 0 saturated carbocycles. The number of hydrogen-bond donors (Lipinski definition) is 1. The van der Waals surface area contributed by atoms with Crippen LogP contribution in [0.2, 0.25) is 0 Å². The number of benzene rings is 3. The fraction of sp³-hybridized carbons (Fsp3) is 0.100. The largest absolute Gasteiger partial charge is 0.507 e. The fourth-order valence-electron chi connectivity index (χ4n) is 3.45. The van der Waals surface area contributed by atoms with Gasteiger partial charge in [-0.25, -0.2) is 0 Å². The van der Waals surface area contributed by atoms with Crippen LogP contribution in [0.5, 0.6) is 5.75 Å². The SMILES string of the molecule is Cc1c(-c2ccccc2)cc(O)c2c3ccccc3n(C)c12. The zero-order valence-electron chi connectivity index (χ0n) is 12.7. The molecular weight excluding hydrogens is 270 g/mol. The van der Waals surface area contributed by atoms with Gasteiger partial charge in [-0.3, -0.25) is 0 Å². The molecule has 2 nitrogen and oxygen atoms in total. The van der Waals surface area contributed by atoms with Crippen molar-refractivity contribution in [3.8, 4) is 16.9 Å². The van der Waals surface area contributed by atoms with E-state index in [0.29, 0.717) is 5.75 Å². The first-order valence-corrected chi connectivity index (χ1v) is 7.43. The fourth-order valence-corrected chi connectivity index (χ4v) is 3.45. The van der Waals surface area contributed by atoms with Gasteiger partial charge in [0.1, 0.15) is 5.75 Å². The Morgan fingerprint density at radius 1 is 0.909 bits per heavy atom. The molecule has 3 aromatic carbocycles. The molecule has 0 aliphatic heterocycles. The quantitative estimate of drug-likeness (QED) is 0.523. The highest BCUT2D eigenvalue weighted by Crippen LogP contribution is 2.40. The second kappa shape index (κ2) is 4.63. The van der Waals surface area contributed by atoms with E-state index in [1.165, 1.54) is 5.56 Å². The molecule has 22 heavy (non-hydrogen) atoms. The average Bonchev–Trinajstić information content (AvgIpc) is 2.86. The second-order valence-electron chi connectivity index (χ2n) is 5.73. The second-order valence-corrected chi connectivity index (χ2v) is 5.73. The maximum atomic E-state index is 10.6. The van der Waals surface area contributed by atoms with Gasteiger partial charge in [-0.05, 0) is 35.7 Å². The number of para-hydroxylation sites is 1. The first kappa shape index (κ1) is 13.0. The molecule has 1 N–H and O–H groups in total. The minimum atomic E-state index is 0.344. The molecule has 0 aliphatic rings. The third kappa shape index (κ3) is 1.67. The molecule has 4 rings (SSSR count). The lowest BCUT2D eigenvalue weighted by Crippen LogP contribution is -1.92. The van der Waals surface area contributed by atoms with Gasteiger partial charge in [0.2, 0.25) is 0 Å². The minimum absolute atomic E-state index is 0.344. The number of phenols is 1. The summed E-state index contributed by atoms with van der Waals surface area (Å²) in [7, 11) is 2.06. The van der Waals surface area contributed by atoms with Crippen molar-refractivity contribution >= 4 is 21.8 Å². The van der Waals surface area contributed by atoms with Crippen molar-refractivity contribution in [2.45, 2.75) is 6.92 Å². The Labute approximate surface area is 129 Å². The summed E-state index contributed by atoms with van der Waals surface area (Å²) < 4.78 is 2.17. The van der Waals surface area contributed by atoms with Crippen LogP contribution in [0.25, 0.3) is 32.9 Å². The average molecular weight is 287 g/mol. The first-order valence-electron chi connectivity index (χ1n) is 7.43. The normalized spacial score (nSPS) is 11.4. The highest BCUT2D eigenvalue weighted by molar-refractivity contribution is 6.13. The zero-order valence-corrected chi connectivity index (χ0v) is 12.7. The van der Waals surface area contributed by atoms with Crippen LogP contribution in [-0.4, -0.2) is 9.67 Å². The van der Waals surface area contributed by atoms with E-state index < -0.39 is 0 Å². The van der Waals surface area contributed by atoms with E-state index in [1.54, 1.807) is 0 Å². The Balaban J connectivity index is 2.19. The highest BCUT2D eigenvalue weighted by atomic mass is 16.3. The van der Waals surface area contributed by atoms with Gasteiger partial charge in [0.05, 0.1) is 5.52 Å². The predicted molar refractivity (Wildman–Crippen MR) is 92.3 cm³/mol.